The van der Waals surface area contributed by atoms with E-state index < -0.39 is 29.0 Å². The standard InChI is InChI=1S/C50H50O10/c1-24(2)9-12-27-17-33-41(21-37(27)51)57-23-36-31-19-35(43(54)29(13-10-25(3)4)46(31)58-48(33)36)45(56)42-34-20-39(53)44(55)30(14-11-26(5)6)47(34)59-49(42)32-18-28-15-16-50(7,8)60-40(28)22-38(32)52/h9-11,15-22,36,48,51-55H,12-14,23H2,1-8H3. The van der Waals surface area contributed by atoms with Crippen molar-refractivity contribution in [2.45, 2.75) is 92.3 Å². The number of carbonyl (C=O) groups is 1. The molecule has 0 bridgehead atoms. The Kier molecular flexibility index (Phi) is 10.0. The van der Waals surface area contributed by atoms with E-state index in [9.17, 15) is 25.5 Å². The van der Waals surface area contributed by atoms with Crippen LogP contribution in [0.4, 0.5) is 0 Å². The van der Waals surface area contributed by atoms with Gasteiger partial charge in [-0.2, -0.15) is 0 Å². The van der Waals surface area contributed by atoms with Gasteiger partial charge >= 0.3 is 0 Å². The van der Waals surface area contributed by atoms with Gasteiger partial charge in [0.05, 0.1) is 29.2 Å². The van der Waals surface area contributed by atoms with Crippen molar-refractivity contribution in [3.8, 4) is 57.3 Å². The van der Waals surface area contributed by atoms with Crippen molar-refractivity contribution in [3.05, 3.63) is 122 Å². The molecule has 0 saturated carbocycles. The average Bonchev–Trinajstić information content (AvgIpc) is 3.74. The molecule has 8 rings (SSSR count). The quantitative estimate of drug-likeness (QED) is 0.0551. The summed E-state index contributed by atoms with van der Waals surface area (Å²) in [6, 6.07) is 9.58. The van der Waals surface area contributed by atoms with E-state index in [1.54, 1.807) is 18.2 Å². The van der Waals surface area contributed by atoms with Crippen molar-refractivity contribution >= 4 is 22.8 Å². The number of benzene rings is 4. The molecule has 1 aromatic heterocycles. The van der Waals surface area contributed by atoms with Crippen molar-refractivity contribution in [2.24, 2.45) is 0 Å². The summed E-state index contributed by atoms with van der Waals surface area (Å²) in [5.41, 5.74) is 6.14. The third kappa shape index (κ3) is 7.03. The van der Waals surface area contributed by atoms with Crippen LogP contribution in [0.15, 0.2) is 81.8 Å². The minimum absolute atomic E-state index is 0.0181. The zero-order valence-electron chi connectivity index (χ0n) is 35.1. The first kappa shape index (κ1) is 40.2. The van der Waals surface area contributed by atoms with E-state index in [1.807, 2.05) is 91.8 Å². The lowest BCUT2D eigenvalue weighted by atomic mass is 9.85. The predicted octanol–water partition coefficient (Wildman–Crippen LogP) is 11.2. The van der Waals surface area contributed by atoms with Gasteiger partial charge in [-0.1, -0.05) is 41.0 Å². The van der Waals surface area contributed by atoms with Gasteiger partial charge in [-0.05, 0) is 111 Å². The van der Waals surface area contributed by atoms with Crippen LogP contribution in [0.5, 0.6) is 46.0 Å². The maximum Gasteiger partial charge on any atom is 0.201 e. The van der Waals surface area contributed by atoms with Crippen LogP contribution in [-0.2, 0) is 19.3 Å². The molecule has 0 spiro atoms. The Labute approximate surface area is 349 Å². The monoisotopic (exact) mass is 810 g/mol. The summed E-state index contributed by atoms with van der Waals surface area (Å²) in [5.74, 6) is -0.861. The summed E-state index contributed by atoms with van der Waals surface area (Å²) >= 11 is 0. The van der Waals surface area contributed by atoms with E-state index in [1.165, 1.54) is 12.1 Å². The van der Waals surface area contributed by atoms with E-state index in [0.29, 0.717) is 40.4 Å². The van der Waals surface area contributed by atoms with Crippen LogP contribution in [0.25, 0.3) is 28.4 Å². The molecule has 5 N–H and O–H groups in total. The summed E-state index contributed by atoms with van der Waals surface area (Å²) in [6.07, 6.45) is 10.0. The molecular formula is C50H50O10. The molecule has 0 radical (unpaired) electrons. The number of rotatable bonds is 9. The molecular weight excluding hydrogens is 761 g/mol. The van der Waals surface area contributed by atoms with Crippen LogP contribution in [-0.4, -0.2) is 43.5 Å². The highest BCUT2D eigenvalue weighted by Gasteiger charge is 2.44. The van der Waals surface area contributed by atoms with E-state index in [0.717, 1.165) is 27.8 Å². The van der Waals surface area contributed by atoms with Crippen LogP contribution < -0.4 is 14.2 Å². The molecule has 4 heterocycles. The third-order valence-corrected chi connectivity index (χ3v) is 11.4. The Morgan fingerprint density at radius 1 is 0.750 bits per heavy atom. The molecule has 3 aliphatic heterocycles. The predicted molar refractivity (Wildman–Crippen MR) is 231 cm³/mol. The molecule has 5 aromatic rings. The number of ketones is 1. The fraction of sp³-hybridized carbons (Fsp3) is 0.300. The molecule has 10 nitrogen and oxygen atoms in total. The number of ether oxygens (including phenoxy) is 3. The average molecular weight is 811 g/mol. The molecule has 4 aromatic carbocycles. The van der Waals surface area contributed by atoms with Crippen LogP contribution in [0.1, 0.15) is 117 Å². The normalized spacial score (nSPS) is 16.7. The number of hydrogen-bond acceptors (Lipinski definition) is 10. The molecule has 2 unspecified atom stereocenters. The van der Waals surface area contributed by atoms with Gasteiger partial charge in [0.25, 0.3) is 0 Å². The zero-order valence-corrected chi connectivity index (χ0v) is 35.1. The number of carbonyl (C=O) groups excluding carboxylic acids is 1. The first-order valence-electron chi connectivity index (χ1n) is 20.2. The minimum Gasteiger partial charge on any atom is -0.508 e. The lowest BCUT2D eigenvalue weighted by Gasteiger charge is -2.28. The molecule has 2 atom stereocenters. The fourth-order valence-electron chi connectivity index (χ4n) is 8.20. The minimum atomic E-state index is -0.639. The van der Waals surface area contributed by atoms with Gasteiger partial charge in [0, 0.05) is 45.3 Å². The van der Waals surface area contributed by atoms with Gasteiger partial charge in [-0.3, -0.25) is 4.79 Å². The summed E-state index contributed by atoms with van der Waals surface area (Å²) in [4.78, 5) is 15.4. The number of hydrogen-bond donors (Lipinski definition) is 5. The lowest BCUT2D eigenvalue weighted by Crippen LogP contribution is -2.27. The second-order valence-electron chi connectivity index (χ2n) is 17.3. The van der Waals surface area contributed by atoms with Crippen molar-refractivity contribution in [1.29, 1.82) is 0 Å². The molecule has 0 saturated heterocycles. The van der Waals surface area contributed by atoms with E-state index in [4.69, 9.17) is 18.6 Å². The van der Waals surface area contributed by atoms with Crippen molar-refractivity contribution in [1.82, 2.24) is 0 Å². The van der Waals surface area contributed by atoms with Crippen molar-refractivity contribution in [3.63, 3.8) is 0 Å². The first-order valence-corrected chi connectivity index (χ1v) is 20.2. The largest absolute Gasteiger partial charge is 0.508 e. The number of furan rings is 1. The topological polar surface area (TPSA) is 159 Å². The van der Waals surface area contributed by atoms with Crippen LogP contribution in [0, 0.1) is 0 Å². The molecule has 0 aliphatic carbocycles. The Morgan fingerprint density at radius 2 is 1.42 bits per heavy atom. The summed E-state index contributed by atoms with van der Waals surface area (Å²) in [7, 11) is 0. The number of phenolic OH excluding ortho intramolecular Hbond substituents is 5. The van der Waals surface area contributed by atoms with Gasteiger partial charge < -0.3 is 44.2 Å². The highest BCUT2D eigenvalue weighted by Crippen LogP contribution is 2.56. The Morgan fingerprint density at radius 3 is 2.12 bits per heavy atom. The van der Waals surface area contributed by atoms with Gasteiger partial charge in [0.15, 0.2) is 11.5 Å². The molecule has 0 amide bonds. The number of allylic oxidation sites excluding steroid dienone is 6. The second-order valence-corrected chi connectivity index (χ2v) is 17.3. The molecule has 3 aliphatic rings. The van der Waals surface area contributed by atoms with E-state index >= 15 is 4.79 Å². The number of phenols is 5. The Balaban J connectivity index is 1.34. The van der Waals surface area contributed by atoms with E-state index in [-0.39, 0.29) is 81.6 Å². The molecule has 60 heavy (non-hydrogen) atoms. The fourth-order valence-corrected chi connectivity index (χ4v) is 8.20. The second kappa shape index (κ2) is 14.9. The Bertz CT molecular complexity index is 2740. The van der Waals surface area contributed by atoms with E-state index in [2.05, 4.69) is 0 Å². The SMILES string of the molecule is CC(C)=CCc1cc2c(cc1O)OCC1c3cc(C(=O)c4c(-c5cc6c(cc5O)OC(C)(C)C=C6)oc5c(CC=C(C)C)c(O)c(O)cc45)c(O)c(CC=C(C)C)c3OC21. The first-order chi connectivity index (χ1) is 28.4. The van der Waals surface area contributed by atoms with Crippen LogP contribution >= 0.6 is 0 Å². The maximum absolute atomic E-state index is 15.4. The molecule has 0 fully saturated rings. The van der Waals surface area contributed by atoms with Gasteiger partial charge in [-0.15, -0.1) is 0 Å². The third-order valence-electron chi connectivity index (χ3n) is 11.4. The smallest absolute Gasteiger partial charge is 0.201 e. The maximum atomic E-state index is 15.4. The zero-order chi connectivity index (χ0) is 42.9. The summed E-state index contributed by atoms with van der Waals surface area (Å²) in [6.45, 7) is 15.7. The highest BCUT2D eigenvalue weighted by atomic mass is 16.5. The van der Waals surface area contributed by atoms with Crippen LogP contribution in [0.3, 0.4) is 0 Å². The highest BCUT2D eigenvalue weighted by molar-refractivity contribution is 6.22. The van der Waals surface area contributed by atoms with Gasteiger partial charge in [0.2, 0.25) is 5.78 Å². The van der Waals surface area contributed by atoms with Crippen molar-refractivity contribution in [2.75, 3.05) is 6.61 Å². The number of fused-ring (bicyclic) bond motifs is 7. The van der Waals surface area contributed by atoms with Crippen LogP contribution in [0.2, 0.25) is 0 Å². The Hall–Kier alpha value is -6.55. The molecule has 10 heteroatoms. The number of aromatic hydroxyl groups is 5. The van der Waals surface area contributed by atoms with Crippen molar-refractivity contribution < 1.29 is 49.0 Å². The lowest BCUT2D eigenvalue weighted by molar-refractivity contribution is 0.103. The van der Waals surface area contributed by atoms with Gasteiger partial charge in [-0.25, -0.2) is 0 Å². The summed E-state index contributed by atoms with van der Waals surface area (Å²) in [5, 5.41) is 57.2. The van der Waals surface area contributed by atoms with Gasteiger partial charge in [0.1, 0.15) is 57.5 Å². The summed E-state index contributed by atoms with van der Waals surface area (Å²) < 4.78 is 25.7. The molecule has 310 valence electrons.